The Morgan fingerprint density at radius 2 is 1.82 bits per heavy atom. The van der Waals surface area contributed by atoms with Crippen LogP contribution in [-0.2, 0) is 0 Å². The Hall–Kier alpha value is -2.69. The quantitative estimate of drug-likeness (QED) is 0.490. The third-order valence-electron chi connectivity index (χ3n) is 4.62. The lowest BCUT2D eigenvalue weighted by atomic mass is 10.1. The summed E-state index contributed by atoms with van der Waals surface area (Å²) >= 11 is 0. The molecule has 1 aromatic carbocycles. The van der Waals surface area contributed by atoms with Crippen molar-refractivity contribution < 1.29 is 34.3 Å². The van der Waals surface area contributed by atoms with E-state index in [1.54, 1.807) is 0 Å². The molecule has 2 atom stereocenters. The summed E-state index contributed by atoms with van der Waals surface area (Å²) in [6.45, 7) is -0.00517. The van der Waals surface area contributed by atoms with Crippen LogP contribution in [0.5, 0.6) is 5.75 Å². The first-order chi connectivity index (χ1) is 13.2. The van der Waals surface area contributed by atoms with E-state index in [0.717, 1.165) is 25.1 Å². The van der Waals surface area contributed by atoms with E-state index in [1.165, 1.54) is 12.0 Å². The number of aromatic amines is 1. The number of carboxylic acids is 1. The van der Waals surface area contributed by atoms with Gasteiger partial charge >= 0.3 is 5.97 Å². The van der Waals surface area contributed by atoms with Crippen LogP contribution in [0.1, 0.15) is 23.2 Å². The van der Waals surface area contributed by atoms with Gasteiger partial charge in [0.05, 0.1) is 36.3 Å². The highest BCUT2D eigenvalue weighted by Crippen LogP contribution is 2.38. The van der Waals surface area contributed by atoms with Gasteiger partial charge in [0.1, 0.15) is 11.3 Å². The summed E-state index contributed by atoms with van der Waals surface area (Å²) in [7, 11) is 1.28. The summed E-state index contributed by atoms with van der Waals surface area (Å²) in [6.07, 6.45) is 1.13. The summed E-state index contributed by atoms with van der Waals surface area (Å²) in [4.78, 5) is 27.3. The van der Waals surface area contributed by atoms with Crippen LogP contribution >= 0.6 is 0 Å². The van der Waals surface area contributed by atoms with Gasteiger partial charge < -0.3 is 35.0 Å². The third-order valence-corrected chi connectivity index (χ3v) is 4.62. The SMILES string of the molecule is COc1c(N2CC(O)C(O)C2)c(F)cc2c(=O)c(C(=O)O)c[nH]c12.OC1CC1. The Balaban J connectivity index is 0.000000500. The van der Waals surface area contributed by atoms with Crippen LogP contribution in [0.3, 0.4) is 0 Å². The lowest BCUT2D eigenvalue weighted by molar-refractivity contribution is 0.0572. The molecular weight excluding hydrogens is 375 g/mol. The molecule has 2 fully saturated rings. The van der Waals surface area contributed by atoms with Gasteiger partial charge in [-0.2, -0.15) is 0 Å². The molecule has 2 heterocycles. The molecule has 0 amide bonds. The van der Waals surface area contributed by atoms with E-state index in [0.29, 0.717) is 0 Å². The molecule has 152 valence electrons. The molecule has 1 aliphatic heterocycles. The predicted molar refractivity (Wildman–Crippen MR) is 97.5 cm³/mol. The zero-order chi connectivity index (χ0) is 20.6. The zero-order valence-electron chi connectivity index (χ0n) is 15.1. The number of carboxylic acid groups (broad SMARTS) is 1. The topological polar surface area (TPSA) is 143 Å². The second-order valence-corrected chi connectivity index (χ2v) is 6.77. The molecule has 28 heavy (non-hydrogen) atoms. The summed E-state index contributed by atoms with van der Waals surface area (Å²) in [6, 6.07) is 0.926. The first-order valence-electron chi connectivity index (χ1n) is 8.68. The molecule has 0 spiro atoms. The van der Waals surface area contributed by atoms with Gasteiger partial charge in [-0.3, -0.25) is 4.79 Å². The highest BCUT2D eigenvalue weighted by molar-refractivity contribution is 5.96. The molecule has 1 aromatic heterocycles. The Morgan fingerprint density at radius 3 is 2.29 bits per heavy atom. The van der Waals surface area contributed by atoms with E-state index >= 15 is 0 Å². The molecular formula is C18H21FN2O7. The van der Waals surface area contributed by atoms with E-state index in [1.807, 2.05) is 0 Å². The molecule has 1 saturated carbocycles. The Labute approximate surface area is 158 Å². The van der Waals surface area contributed by atoms with Crippen molar-refractivity contribution in [1.29, 1.82) is 0 Å². The minimum Gasteiger partial charge on any atom is -0.492 e. The summed E-state index contributed by atoms with van der Waals surface area (Å²) in [5.41, 5.74) is -1.22. The fourth-order valence-electron chi connectivity index (χ4n) is 2.97. The maximum Gasteiger partial charge on any atom is 0.341 e. The number of aromatic nitrogens is 1. The number of methoxy groups -OCH3 is 1. The average Bonchev–Trinajstić information content (AvgIpc) is 3.35. The summed E-state index contributed by atoms with van der Waals surface area (Å²) < 4.78 is 19.8. The number of ether oxygens (including phenoxy) is 1. The number of aliphatic hydroxyl groups is 3. The number of fused-ring (bicyclic) bond motifs is 1. The van der Waals surface area contributed by atoms with Crippen molar-refractivity contribution >= 4 is 22.6 Å². The number of hydrogen-bond donors (Lipinski definition) is 5. The van der Waals surface area contributed by atoms with Crippen molar-refractivity contribution in [2.75, 3.05) is 25.1 Å². The number of aromatic carboxylic acids is 1. The first-order valence-corrected chi connectivity index (χ1v) is 8.68. The van der Waals surface area contributed by atoms with Crippen molar-refractivity contribution in [3.63, 3.8) is 0 Å². The number of nitrogens with zero attached hydrogens (tertiary/aromatic N) is 1. The molecule has 1 aliphatic carbocycles. The lowest BCUT2D eigenvalue weighted by Crippen LogP contribution is -2.24. The van der Waals surface area contributed by atoms with Gasteiger partial charge in [0.25, 0.3) is 0 Å². The summed E-state index contributed by atoms with van der Waals surface area (Å²) in [5, 5.41) is 36.3. The molecule has 1 saturated heterocycles. The molecule has 9 nitrogen and oxygen atoms in total. The van der Waals surface area contributed by atoms with Crippen LogP contribution < -0.4 is 15.1 Å². The van der Waals surface area contributed by atoms with Crippen molar-refractivity contribution in [2.45, 2.75) is 31.2 Å². The van der Waals surface area contributed by atoms with E-state index in [2.05, 4.69) is 4.98 Å². The Bertz CT molecular complexity index is 947. The Morgan fingerprint density at radius 1 is 1.25 bits per heavy atom. The van der Waals surface area contributed by atoms with Gasteiger partial charge in [-0.1, -0.05) is 0 Å². The zero-order valence-corrected chi connectivity index (χ0v) is 15.1. The van der Waals surface area contributed by atoms with Crippen molar-refractivity contribution in [2.24, 2.45) is 0 Å². The lowest BCUT2D eigenvalue weighted by Gasteiger charge is -2.22. The van der Waals surface area contributed by atoms with Crippen molar-refractivity contribution in [3.05, 3.63) is 33.9 Å². The molecule has 5 N–H and O–H groups in total. The number of β-amino-alcohol motifs (C(OH)–C–C–N with tert-alkyl or cyclic N) is 2. The van der Waals surface area contributed by atoms with Crippen LogP contribution in [0, 0.1) is 5.82 Å². The average molecular weight is 396 g/mol. The van der Waals surface area contributed by atoms with Gasteiger partial charge in [0.2, 0.25) is 5.43 Å². The molecule has 0 bridgehead atoms. The number of carbonyl (C=O) groups is 1. The number of rotatable bonds is 3. The minimum absolute atomic E-state index is 0.000314. The minimum atomic E-state index is -1.42. The molecule has 0 radical (unpaired) electrons. The van der Waals surface area contributed by atoms with Gasteiger partial charge in [-0.05, 0) is 18.9 Å². The van der Waals surface area contributed by atoms with Gasteiger partial charge in [-0.25, -0.2) is 9.18 Å². The number of pyridine rings is 1. The Kier molecular flexibility index (Phi) is 5.54. The number of halogens is 1. The largest absolute Gasteiger partial charge is 0.492 e. The predicted octanol–water partition coefficient (Wildman–Crippen LogP) is 0.0569. The van der Waals surface area contributed by atoms with Crippen molar-refractivity contribution in [1.82, 2.24) is 4.98 Å². The van der Waals surface area contributed by atoms with E-state index in [9.17, 15) is 24.2 Å². The smallest absolute Gasteiger partial charge is 0.341 e. The molecule has 2 aliphatic rings. The number of benzene rings is 1. The summed E-state index contributed by atoms with van der Waals surface area (Å²) in [5.74, 6) is -2.23. The highest BCUT2D eigenvalue weighted by atomic mass is 19.1. The van der Waals surface area contributed by atoms with Crippen LogP contribution in [0.25, 0.3) is 10.9 Å². The van der Waals surface area contributed by atoms with Crippen LogP contribution in [0.2, 0.25) is 0 Å². The van der Waals surface area contributed by atoms with Crippen LogP contribution in [-0.4, -0.2) is 69.9 Å². The maximum atomic E-state index is 14.6. The van der Waals surface area contributed by atoms with Crippen LogP contribution in [0.4, 0.5) is 10.1 Å². The fourth-order valence-corrected chi connectivity index (χ4v) is 2.97. The van der Waals surface area contributed by atoms with E-state index in [4.69, 9.17) is 14.9 Å². The molecule has 2 aromatic rings. The molecule has 2 unspecified atom stereocenters. The van der Waals surface area contributed by atoms with Crippen molar-refractivity contribution in [3.8, 4) is 5.75 Å². The molecule has 4 rings (SSSR count). The third kappa shape index (κ3) is 3.79. The maximum absolute atomic E-state index is 14.6. The fraction of sp³-hybridized carbons (Fsp3) is 0.444. The second-order valence-electron chi connectivity index (χ2n) is 6.77. The number of anilines is 1. The number of hydrogen-bond acceptors (Lipinski definition) is 7. The molecule has 10 heteroatoms. The van der Waals surface area contributed by atoms with E-state index in [-0.39, 0.29) is 41.5 Å². The first kappa shape index (κ1) is 20.1. The van der Waals surface area contributed by atoms with Crippen LogP contribution in [0.15, 0.2) is 17.1 Å². The standard InChI is InChI=1S/C15H15FN2O6.C3H6O/c1-24-14-11-6(13(21)7(3-17-11)15(22)23)2-8(16)12(14)18-4-9(19)10(20)5-18;4-3-1-2-3/h2-3,9-10,19-20H,4-5H2,1H3,(H,17,21)(H,22,23);3-4H,1-2H2. The number of nitrogens with one attached hydrogen (secondary N) is 1. The second kappa shape index (κ2) is 7.74. The van der Waals surface area contributed by atoms with Gasteiger partial charge in [0, 0.05) is 19.3 Å². The van der Waals surface area contributed by atoms with Gasteiger partial charge in [-0.15, -0.1) is 0 Å². The van der Waals surface area contributed by atoms with Gasteiger partial charge in [0.15, 0.2) is 11.6 Å². The monoisotopic (exact) mass is 396 g/mol. The number of H-pyrrole nitrogens is 1. The highest BCUT2D eigenvalue weighted by Gasteiger charge is 2.34. The number of aliphatic hydroxyl groups excluding tert-OH is 3. The normalized spacial score (nSPS) is 21.4. The van der Waals surface area contributed by atoms with E-state index < -0.39 is 35.0 Å².